The zero-order valence-electron chi connectivity index (χ0n) is 18.9. The molecule has 1 heterocycles. The van der Waals surface area contributed by atoms with Crippen LogP contribution in [-0.2, 0) is 27.9 Å². The highest BCUT2D eigenvalue weighted by Crippen LogP contribution is 2.22. The number of nitrogens with zero attached hydrogens (tertiary/aromatic N) is 2. The highest BCUT2D eigenvalue weighted by atomic mass is 79.9. The van der Waals surface area contributed by atoms with Crippen molar-refractivity contribution in [1.82, 2.24) is 9.21 Å². The fourth-order valence-electron chi connectivity index (χ4n) is 3.42. The van der Waals surface area contributed by atoms with Crippen LogP contribution in [0, 0.1) is 6.92 Å². The maximum absolute atomic E-state index is 13.5. The summed E-state index contributed by atoms with van der Waals surface area (Å²) in [6.07, 6.45) is 1.52. The number of thiophene rings is 1. The lowest BCUT2D eigenvalue weighted by Crippen LogP contribution is -2.42. The smallest absolute Gasteiger partial charge is 0.243 e. The van der Waals surface area contributed by atoms with Crippen LogP contribution in [0.5, 0.6) is 0 Å². The molecule has 3 aromatic rings. The van der Waals surface area contributed by atoms with Gasteiger partial charge in [0.1, 0.15) is 0 Å². The summed E-state index contributed by atoms with van der Waals surface area (Å²) in [7, 11) is -3.79. The van der Waals surface area contributed by atoms with Gasteiger partial charge in [0.05, 0.1) is 18.0 Å². The van der Waals surface area contributed by atoms with Gasteiger partial charge in [0.2, 0.25) is 15.9 Å². The molecule has 0 N–H and O–H groups in total. The van der Waals surface area contributed by atoms with Crippen molar-refractivity contribution in [3.8, 4) is 0 Å². The molecule has 8 heteroatoms. The lowest BCUT2D eigenvalue weighted by molar-refractivity contribution is -0.132. The molecule has 0 radical (unpaired) electrons. The number of hydrogen-bond acceptors (Lipinski definition) is 4. The third-order valence-corrected chi connectivity index (χ3v) is 8.61. The minimum absolute atomic E-state index is 0.185. The van der Waals surface area contributed by atoms with E-state index in [0.29, 0.717) is 26.1 Å². The van der Waals surface area contributed by atoms with Gasteiger partial charge in [0, 0.05) is 27.3 Å². The van der Waals surface area contributed by atoms with Crippen LogP contribution < -0.4 is 0 Å². The molecule has 0 aliphatic heterocycles. The van der Waals surface area contributed by atoms with Gasteiger partial charge in [-0.05, 0) is 55.3 Å². The molecular weight excluding hydrogens is 520 g/mol. The zero-order valence-corrected chi connectivity index (χ0v) is 22.1. The average molecular weight is 550 g/mol. The minimum Gasteiger partial charge on any atom is -0.332 e. The van der Waals surface area contributed by atoms with Crippen LogP contribution in [-0.4, -0.2) is 36.6 Å². The Hall–Kier alpha value is -2.00. The molecule has 0 saturated carbocycles. The van der Waals surface area contributed by atoms with Crippen LogP contribution in [0.15, 0.2) is 76.1 Å². The summed E-state index contributed by atoms with van der Waals surface area (Å²) in [5, 5.41) is 0. The summed E-state index contributed by atoms with van der Waals surface area (Å²) in [6.45, 7) is 5.04. The van der Waals surface area contributed by atoms with E-state index in [1.54, 1.807) is 40.5 Å². The number of carbonyl (C=O) groups excluding carboxylic acids is 1. The number of rotatable bonds is 11. The molecule has 0 atom stereocenters. The third-order valence-electron chi connectivity index (χ3n) is 5.24. The van der Waals surface area contributed by atoms with E-state index in [1.807, 2.05) is 56.3 Å². The highest BCUT2D eigenvalue weighted by molar-refractivity contribution is 9.10. The molecule has 0 aliphatic rings. The van der Waals surface area contributed by atoms with Gasteiger partial charge in [-0.15, -0.1) is 11.3 Å². The summed E-state index contributed by atoms with van der Waals surface area (Å²) >= 11 is 5.00. The minimum atomic E-state index is -3.79. The summed E-state index contributed by atoms with van der Waals surface area (Å²) in [5.74, 6) is -0.207. The van der Waals surface area contributed by atoms with Gasteiger partial charge >= 0.3 is 0 Å². The molecule has 33 heavy (non-hydrogen) atoms. The summed E-state index contributed by atoms with van der Waals surface area (Å²) in [4.78, 5) is 17.7. The van der Waals surface area contributed by atoms with Crippen molar-refractivity contribution in [3.05, 3.63) is 86.5 Å². The second-order valence-electron chi connectivity index (χ2n) is 7.89. The standard InChI is InChI=1S/C25H29BrN2O3S2/c1-3-4-16-28(33(30,31)24-14-11-22(26)12-15-24)19-25(29)27(17-21-8-6-5-7-9-21)18-23-13-10-20(2)32-23/h5-15H,3-4,16-19H2,1-2H3. The molecule has 0 fully saturated rings. The van der Waals surface area contributed by atoms with Crippen molar-refractivity contribution in [2.75, 3.05) is 13.1 Å². The zero-order chi connectivity index (χ0) is 23.8. The summed E-state index contributed by atoms with van der Waals surface area (Å²) in [6, 6.07) is 20.4. The number of carbonyl (C=O) groups is 1. The lowest BCUT2D eigenvalue weighted by Gasteiger charge is -2.27. The van der Waals surface area contributed by atoms with E-state index in [1.165, 1.54) is 9.18 Å². The fourth-order valence-corrected chi connectivity index (χ4v) is 6.02. The maximum Gasteiger partial charge on any atom is 0.243 e. The van der Waals surface area contributed by atoms with E-state index in [2.05, 4.69) is 15.9 Å². The SMILES string of the molecule is CCCCN(CC(=O)N(Cc1ccccc1)Cc1ccc(C)s1)S(=O)(=O)c1ccc(Br)cc1. The molecule has 1 amide bonds. The van der Waals surface area contributed by atoms with Gasteiger partial charge in [-0.2, -0.15) is 4.31 Å². The third kappa shape index (κ3) is 7.24. The number of sulfonamides is 1. The maximum atomic E-state index is 13.5. The first-order valence-corrected chi connectivity index (χ1v) is 14.0. The number of hydrogen-bond donors (Lipinski definition) is 0. The molecule has 1 aromatic heterocycles. The van der Waals surface area contributed by atoms with Crippen LogP contribution in [0.4, 0.5) is 0 Å². The van der Waals surface area contributed by atoms with E-state index in [4.69, 9.17) is 0 Å². The average Bonchev–Trinajstić information content (AvgIpc) is 3.21. The van der Waals surface area contributed by atoms with Crippen molar-refractivity contribution in [2.24, 2.45) is 0 Å². The molecule has 3 rings (SSSR count). The van der Waals surface area contributed by atoms with Crippen LogP contribution >= 0.6 is 27.3 Å². The highest BCUT2D eigenvalue weighted by Gasteiger charge is 2.28. The van der Waals surface area contributed by atoms with Crippen LogP contribution in [0.25, 0.3) is 0 Å². The molecule has 0 aliphatic carbocycles. The van der Waals surface area contributed by atoms with Gasteiger partial charge in [0.25, 0.3) is 0 Å². The number of halogens is 1. The first-order chi connectivity index (χ1) is 15.8. The molecule has 0 bridgehead atoms. The first-order valence-electron chi connectivity index (χ1n) is 10.9. The molecule has 0 saturated heterocycles. The Morgan fingerprint density at radius 2 is 1.67 bits per heavy atom. The second-order valence-corrected chi connectivity index (χ2v) is 12.1. The van der Waals surface area contributed by atoms with E-state index in [0.717, 1.165) is 21.3 Å². The molecule has 5 nitrogen and oxygen atoms in total. The lowest BCUT2D eigenvalue weighted by atomic mass is 10.2. The van der Waals surface area contributed by atoms with Crippen molar-refractivity contribution < 1.29 is 13.2 Å². The van der Waals surface area contributed by atoms with E-state index >= 15 is 0 Å². The predicted molar refractivity (Wildman–Crippen MR) is 138 cm³/mol. The Morgan fingerprint density at radius 1 is 0.970 bits per heavy atom. The van der Waals surface area contributed by atoms with Crippen molar-refractivity contribution in [2.45, 2.75) is 44.7 Å². The van der Waals surface area contributed by atoms with Gasteiger partial charge in [-0.1, -0.05) is 59.6 Å². The van der Waals surface area contributed by atoms with Crippen LogP contribution in [0.1, 0.15) is 35.1 Å². The number of amides is 1. The molecular formula is C25H29BrN2O3S2. The summed E-state index contributed by atoms with van der Waals surface area (Å²) in [5.41, 5.74) is 1.01. The Bertz CT molecular complexity index is 1150. The van der Waals surface area contributed by atoms with Crippen molar-refractivity contribution in [1.29, 1.82) is 0 Å². The fraction of sp³-hybridized carbons (Fsp3) is 0.320. The van der Waals surface area contributed by atoms with E-state index in [9.17, 15) is 13.2 Å². The van der Waals surface area contributed by atoms with E-state index < -0.39 is 10.0 Å². The number of aryl methyl sites for hydroxylation is 1. The molecule has 2 aromatic carbocycles. The summed E-state index contributed by atoms with van der Waals surface area (Å²) < 4.78 is 28.9. The Labute approximate surface area is 209 Å². The number of benzene rings is 2. The molecule has 176 valence electrons. The Balaban J connectivity index is 1.85. The monoisotopic (exact) mass is 548 g/mol. The normalized spacial score (nSPS) is 11.6. The quantitative estimate of drug-likeness (QED) is 0.302. The molecule has 0 unspecified atom stereocenters. The first kappa shape index (κ1) is 25.6. The largest absolute Gasteiger partial charge is 0.332 e. The predicted octanol–water partition coefficient (Wildman–Crippen LogP) is 5.84. The Kier molecular flexibility index (Phi) is 9.26. The molecule has 0 spiro atoms. The van der Waals surface area contributed by atoms with Gasteiger partial charge < -0.3 is 4.90 Å². The Morgan fingerprint density at radius 3 is 2.27 bits per heavy atom. The van der Waals surface area contributed by atoms with Crippen molar-refractivity contribution >= 4 is 43.2 Å². The van der Waals surface area contributed by atoms with Gasteiger partial charge in [-0.25, -0.2) is 8.42 Å². The van der Waals surface area contributed by atoms with Crippen LogP contribution in [0.2, 0.25) is 0 Å². The van der Waals surface area contributed by atoms with Crippen LogP contribution in [0.3, 0.4) is 0 Å². The van der Waals surface area contributed by atoms with E-state index in [-0.39, 0.29) is 17.3 Å². The van der Waals surface area contributed by atoms with Gasteiger partial charge in [0.15, 0.2) is 0 Å². The second kappa shape index (κ2) is 11.9. The van der Waals surface area contributed by atoms with Gasteiger partial charge in [-0.3, -0.25) is 4.79 Å². The number of unbranched alkanes of at least 4 members (excludes halogenated alkanes) is 1. The topological polar surface area (TPSA) is 57.7 Å². The van der Waals surface area contributed by atoms with Crippen molar-refractivity contribution in [3.63, 3.8) is 0 Å².